The zero-order valence-corrected chi connectivity index (χ0v) is 22.1. The molecule has 5 nitrogen and oxygen atoms in total. The lowest BCUT2D eigenvalue weighted by molar-refractivity contribution is -0.123. The van der Waals surface area contributed by atoms with Crippen molar-refractivity contribution in [3.63, 3.8) is 0 Å². The summed E-state index contributed by atoms with van der Waals surface area (Å²) >= 11 is 4.38. The van der Waals surface area contributed by atoms with Gasteiger partial charge in [-0.1, -0.05) is 58.4 Å². The Kier molecular flexibility index (Phi) is 8.31. The zero-order chi connectivity index (χ0) is 24.8. The Labute approximate surface area is 218 Å². The van der Waals surface area contributed by atoms with Crippen LogP contribution in [0.25, 0.3) is 6.08 Å². The van der Waals surface area contributed by atoms with Gasteiger partial charge in [0.15, 0.2) is 0 Å². The lowest BCUT2D eigenvalue weighted by atomic mass is 10.1. The summed E-state index contributed by atoms with van der Waals surface area (Å²) < 4.78 is 7.16. The van der Waals surface area contributed by atoms with Crippen LogP contribution in [0.15, 0.2) is 82.2 Å². The monoisotopic (exact) mass is 550 g/mol. The van der Waals surface area contributed by atoms with Crippen LogP contribution < -0.4 is 9.64 Å². The number of hydrogen-bond donors (Lipinski definition) is 0. The highest BCUT2D eigenvalue weighted by Gasteiger charge is 2.35. The maximum Gasteiger partial charge on any atom is 0.293 e. The largest absolute Gasteiger partial charge is 0.488 e. The third-order valence-electron chi connectivity index (χ3n) is 5.78. The van der Waals surface area contributed by atoms with Gasteiger partial charge in [0, 0.05) is 34.9 Å². The maximum absolute atomic E-state index is 13.1. The van der Waals surface area contributed by atoms with Crippen LogP contribution in [0, 0.1) is 0 Å². The third-order valence-corrected chi connectivity index (χ3v) is 7.21. The third kappa shape index (κ3) is 6.16. The molecular weight excluding hydrogens is 524 g/mol. The van der Waals surface area contributed by atoms with Gasteiger partial charge in [0.25, 0.3) is 11.1 Å². The van der Waals surface area contributed by atoms with E-state index in [1.54, 1.807) is 6.08 Å². The first kappa shape index (κ1) is 25.1. The Hall–Kier alpha value is -3.03. The van der Waals surface area contributed by atoms with Gasteiger partial charge >= 0.3 is 0 Å². The average molecular weight is 552 g/mol. The number of halogens is 1. The molecule has 1 aliphatic heterocycles. The molecule has 0 atom stereocenters. The van der Waals surface area contributed by atoms with Gasteiger partial charge < -0.3 is 9.64 Å². The summed E-state index contributed by atoms with van der Waals surface area (Å²) in [6, 6.07) is 23.6. The number of thioether (sulfide) groups is 1. The summed E-state index contributed by atoms with van der Waals surface area (Å²) in [4.78, 5) is 29.7. The van der Waals surface area contributed by atoms with Gasteiger partial charge in [-0.15, -0.1) is 0 Å². The van der Waals surface area contributed by atoms with Gasteiger partial charge in [-0.05, 0) is 67.1 Å². The molecule has 0 N–H and O–H groups in total. The van der Waals surface area contributed by atoms with Gasteiger partial charge in [-0.25, -0.2) is 0 Å². The van der Waals surface area contributed by atoms with Gasteiger partial charge in [0.05, 0.1) is 11.4 Å². The lowest BCUT2D eigenvalue weighted by Crippen LogP contribution is -2.27. The Bertz CT molecular complexity index is 1220. The number of rotatable bonds is 9. The number of hydrogen-bond acceptors (Lipinski definition) is 5. The number of amides is 2. The predicted molar refractivity (Wildman–Crippen MR) is 146 cm³/mol. The van der Waals surface area contributed by atoms with E-state index < -0.39 is 0 Å². The van der Waals surface area contributed by atoms with E-state index in [1.165, 1.54) is 4.90 Å². The second kappa shape index (κ2) is 11.6. The highest BCUT2D eigenvalue weighted by molar-refractivity contribution is 9.10. The minimum absolute atomic E-state index is 0.244. The summed E-state index contributed by atoms with van der Waals surface area (Å²) in [6.07, 6.45) is 1.76. The van der Waals surface area contributed by atoms with Crippen molar-refractivity contribution in [2.75, 3.05) is 18.0 Å². The molecule has 1 heterocycles. The molecule has 1 aliphatic rings. The van der Waals surface area contributed by atoms with Gasteiger partial charge in [0.1, 0.15) is 12.4 Å². The first-order valence-corrected chi connectivity index (χ1v) is 13.1. The molecule has 0 saturated carbocycles. The van der Waals surface area contributed by atoms with Crippen LogP contribution in [-0.4, -0.2) is 29.1 Å². The minimum atomic E-state index is -0.287. The molecule has 0 spiro atoms. The first-order valence-electron chi connectivity index (χ1n) is 11.5. The topological polar surface area (TPSA) is 49.9 Å². The van der Waals surface area contributed by atoms with E-state index in [9.17, 15) is 9.59 Å². The van der Waals surface area contributed by atoms with E-state index in [4.69, 9.17) is 4.74 Å². The zero-order valence-electron chi connectivity index (χ0n) is 19.7. The number of carbonyl (C=O) groups excluding carboxylic acids is 2. The molecule has 35 heavy (non-hydrogen) atoms. The van der Waals surface area contributed by atoms with Crippen LogP contribution in [0.4, 0.5) is 10.5 Å². The SMILES string of the molecule is CCN(CC)c1ccc(/C=C2/SC(=O)N(Cc3ccc(Br)cc3)C2=O)c(OCc2ccccc2)c1. The quantitative estimate of drug-likeness (QED) is 0.265. The van der Waals surface area contributed by atoms with Crippen molar-refractivity contribution in [3.8, 4) is 5.75 Å². The Morgan fingerprint density at radius 1 is 0.943 bits per heavy atom. The number of ether oxygens (including phenoxy) is 1. The molecule has 1 saturated heterocycles. The fourth-order valence-electron chi connectivity index (χ4n) is 3.84. The number of carbonyl (C=O) groups is 2. The van der Waals surface area contributed by atoms with Crippen LogP contribution in [-0.2, 0) is 17.9 Å². The maximum atomic E-state index is 13.1. The van der Waals surface area contributed by atoms with Gasteiger partial charge in [0.2, 0.25) is 0 Å². The van der Waals surface area contributed by atoms with Crippen LogP contribution in [0.5, 0.6) is 5.75 Å². The Morgan fingerprint density at radius 3 is 2.34 bits per heavy atom. The molecule has 3 aromatic rings. The molecule has 4 rings (SSSR count). The van der Waals surface area contributed by atoms with Crippen LogP contribution in [0.1, 0.15) is 30.5 Å². The molecular formula is C28H27BrN2O3S. The van der Waals surface area contributed by atoms with Crippen LogP contribution >= 0.6 is 27.7 Å². The summed E-state index contributed by atoms with van der Waals surface area (Å²) in [5.41, 5.74) is 3.78. The van der Waals surface area contributed by atoms with Gasteiger partial charge in [-0.2, -0.15) is 0 Å². The van der Waals surface area contributed by atoms with Crippen molar-refractivity contribution in [2.45, 2.75) is 27.0 Å². The molecule has 2 amide bonds. The molecule has 7 heteroatoms. The molecule has 180 valence electrons. The smallest absolute Gasteiger partial charge is 0.293 e. The Morgan fingerprint density at radius 2 is 1.66 bits per heavy atom. The molecule has 3 aromatic carbocycles. The van der Waals surface area contributed by atoms with E-state index in [1.807, 2.05) is 72.8 Å². The summed E-state index contributed by atoms with van der Waals surface area (Å²) in [5.74, 6) is 0.391. The fraction of sp³-hybridized carbons (Fsp3) is 0.214. The summed E-state index contributed by atoms with van der Waals surface area (Å²) in [5, 5.41) is -0.268. The summed E-state index contributed by atoms with van der Waals surface area (Å²) in [6.45, 7) is 6.64. The number of benzene rings is 3. The second-order valence-corrected chi connectivity index (χ2v) is 9.97. The van der Waals surface area contributed by atoms with E-state index in [0.29, 0.717) is 17.3 Å². The van der Waals surface area contributed by atoms with E-state index >= 15 is 0 Å². The van der Waals surface area contributed by atoms with Crippen LogP contribution in [0.2, 0.25) is 0 Å². The van der Waals surface area contributed by atoms with Crippen molar-refractivity contribution in [2.24, 2.45) is 0 Å². The van der Waals surface area contributed by atoms with Crippen LogP contribution in [0.3, 0.4) is 0 Å². The van der Waals surface area contributed by atoms with Crippen molar-refractivity contribution in [3.05, 3.63) is 98.9 Å². The van der Waals surface area contributed by atoms with Crippen molar-refractivity contribution in [1.82, 2.24) is 4.90 Å². The normalized spacial score (nSPS) is 14.6. The molecule has 0 radical (unpaired) electrons. The standard InChI is InChI=1S/C28H27BrN2O3S/c1-3-30(4-2)24-15-12-22(25(17-24)34-19-21-8-6-5-7-9-21)16-26-27(32)31(28(33)35-26)18-20-10-13-23(29)14-11-20/h5-17H,3-4,18-19H2,1-2H3/b26-16+. The average Bonchev–Trinajstić information content (AvgIpc) is 3.13. The highest BCUT2D eigenvalue weighted by Crippen LogP contribution is 2.36. The number of imide groups is 1. The molecule has 0 bridgehead atoms. The highest BCUT2D eigenvalue weighted by atomic mass is 79.9. The molecule has 1 fully saturated rings. The molecule has 0 unspecified atom stereocenters. The minimum Gasteiger partial charge on any atom is -0.488 e. The van der Waals surface area contributed by atoms with Crippen molar-refractivity contribution < 1.29 is 14.3 Å². The van der Waals surface area contributed by atoms with E-state index in [0.717, 1.165) is 51.7 Å². The second-order valence-electron chi connectivity index (χ2n) is 8.06. The van der Waals surface area contributed by atoms with Gasteiger partial charge in [-0.3, -0.25) is 14.5 Å². The lowest BCUT2D eigenvalue weighted by Gasteiger charge is -2.22. The number of nitrogens with zero attached hydrogens (tertiary/aromatic N) is 2. The molecule has 0 aliphatic carbocycles. The summed E-state index contributed by atoms with van der Waals surface area (Å²) in [7, 11) is 0. The predicted octanol–water partition coefficient (Wildman–Crippen LogP) is 7.11. The fourth-order valence-corrected chi connectivity index (χ4v) is 4.93. The first-order chi connectivity index (χ1) is 17.0. The van der Waals surface area contributed by atoms with E-state index in [2.05, 4.69) is 34.7 Å². The molecule has 0 aromatic heterocycles. The van der Waals surface area contributed by atoms with Crippen molar-refractivity contribution in [1.29, 1.82) is 0 Å². The van der Waals surface area contributed by atoms with Crippen molar-refractivity contribution >= 4 is 50.6 Å². The van der Waals surface area contributed by atoms with E-state index in [-0.39, 0.29) is 17.7 Å². The number of anilines is 1. The Balaban J connectivity index is 1.60.